The SMILES string of the molecule is O=C(CSc1ccccc1F)NC(CO)c1ccccc1. The summed E-state index contributed by atoms with van der Waals surface area (Å²) in [5.74, 6) is -0.479. The van der Waals surface area contributed by atoms with Crippen LogP contribution in [0.4, 0.5) is 4.39 Å². The van der Waals surface area contributed by atoms with Crippen molar-refractivity contribution in [3.8, 4) is 0 Å². The average molecular weight is 305 g/mol. The van der Waals surface area contributed by atoms with Crippen molar-refractivity contribution >= 4 is 17.7 Å². The molecule has 0 bridgehead atoms. The number of carbonyl (C=O) groups excluding carboxylic acids is 1. The van der Waals surface area contributed by atoms with E-state index in [1.54, 1.807) is 18.2 Å². The van der Waals surface area contributed by atoms with Gasteiger partial charge in [-0.2, -0.15) is 0 Å². The van der Waals surface area contributed by atoms with E-state index in [-0.39, 0.29) is 24.1 Å². The molecule has 0 radical (unpaired) electrons. The molecule has 5 heteroatoms. The van der Waals surface area contributed by atoms with Gasteiger partial charge in [-0.25, -0.2) is 4.39 Å². The van der Waals surface area contributed by atoms with Crippen LogP contribution >= 0.6 is 11.8 Å². The lowest BCUT2D eigenvalue weighted by molar-refractivity contribution is -0.119. The molecule has 2 N–H and O–H groups in total. The van der Waals surface area contributed by atoms with Crippen LogP contribution in [0.25, 0.3) is 0 Å². The highest BCUT2D eigenvalue weighted by molar-refractivity contribution is 8.00. The van der Waals surface area contributed by atoms with Gasteiger partial charge in [-0.15, -0.1) is 11.8 Å². The van der Waals surface area contributed by atoms with Crippen LogP contribution in [0.1, 0.15) is 11.6 Å². The largest absolute Gasteiger partial charge is 0.394 e. The van der Waals surface area contributed by atoms with Gasteiger partial charge in [0.25, 0.3) is 0 Å². The zero-order valence-electron chi connectivity index (χ0n) is 11.3. The number of benzene rings is 2. The van der Waals surface area contributed by atoms with E-state index in [1.165, 1.54) is 6.07 Å². The van der Waals surface area contributed by atoms with Crippen molar-refractivity contribution in [3.63, 3.8) is 0 Å². The Balaban J connectivity index is 1.90. The van der Waals surface area contributed by atoms with Gasteiger partial charge in [0.15, 0.2) is 0 Å². The molecule has 2 aromatic carbocycles. The number of hydrogen-bond acceptors (Lipinski definition) is 3. The van der Waals surface area contributed by atoms with Crippen LogP contribution in [0.5, 0.6) is 0 Å². The first-order chi connectivity index (χ1) is 10.2. The molecule has 0 aromatic heterocycles. The maximum atomic E-state index is 13.4. The maximum Gasteiger partial charge on any atom is 0.230 e. The van der Waals surface area contributed by atoms with E-state index in [9.17, 15) is 14.3 Å². The van der Waals surface area contributed by atoms with Gasteiger partial charge in [0, 0.05) is 4.90 Å². The highest BCUT2D eigenvalue weighted by Crippen LogP contribution is 2.21. The summed E-state index contributed by atoms with van der Waals surface area (Å²) < 4.78 is 13.4. The van der Waals surface area contributed by atoms with Gasteiger partial charge in [-0.1, -0.05) is 42.5 Å². The van der Waals surface area contributed by atoms with Gasteiger partial charge in [0.05, 0.1) is 18.4 Å². The maximum absolute atomic E-state index is 13.4. The minimum atomic E-state index is -0.445. The van der Waals surface area contributed by atoms with Crippen molar-refractivity contribution in [1.82, 2.24) is 5.32 Å². The molecule has 21 heavy (non-hydrogen) atoms. The molecule has 0 spiro atoms. The molecule has 3 nitrogen and oxygen atoms in total. The van der Waals surface area contributed by atoms with Gasteiger partial charge in [-0.05, 0) is 17.7 Å². The Kier molecular flexibility index (Phi) is 5.78. The molecule has 0 aliphatic heterocycles. The number of halogens is 1. The van der Waals surface area contributed by atoms with Crippen molar-refractivity contribution in [3.05, 3.63) is 66.0 Å². The first-order valence-electron chi connectivity index (χ1n) is 6.53. The highest BCUT2D eigenvalue weighted by atomic mass is 32.2. The lowest BCUT2D eigenvalue weighted by Crippen LogP contribution is -2.32. The summed E-state index contributed by atoms with van der Waals surface area (Å²) in [6.07, 6.45) is 0. The molecule has 0 saturated carbocycles. The van der Waals surface area contributed by atoms with E-state index in [2.05, 4.69) is 5.32 Å². The topological polar surface area (TPSA) is 49.3 Å². The van der Waals surface area contributed by atoms with Crippen molar-refractivity contribution < 1.29 is 14.3 Å². The number of rotatable bonds is 6. The summed E-state index contributed by atoms with van der Waals surface area (Å²) in [5, 5.41) is 12.1. The number of aliphatic hydroxyl groups is 1. The summed E-state index contributed by atoms with van der Waals surface area (Å²) in [5.41, 5.74) is 0.837. The second-order valence-corrected chi connectivity index (χ2v) is 5.45. The number of hydrogen-bond donors (Lipinski definition) is 2. The van der Waals surface area contributed by atoms with Crippen molar-refractivity contribution in [2.45, 2.75) is 10.9 Å². The van der Waals surface area contributed by atoms with Gasteiger partial charge < -0.3 is 10.4 Å². The zero-order chi connectivity index (χ0) is 15.1. The molecule has 1 atom stereocenters. The molecular formula is C16H16FNO2S. The molecule has 0 fully saturated rings. The molecule has 0 aliphatic carbocycles. The molecule has 0 aliphatic rings. The quantitative estimate of drug-likeness (QED) is 0.807. The zero-order valence-corrected chi connectivity index (χ0v) is 12.1. The van der Waals surface area contributed by atoms with Gasteiger partial charge in [0.1, 0.15) is 5.82 Å². The monoisotopic (exact) mass is 305 g/mol. The number of thioether (sulfide) groups is 1. The minimum absolute atomic E-state index is 0.101. The fourth-order valence-electron chi connectivity index (χ4n) is 1.86. The molecular weight excluding hydrogens is 289 g/mol. The molecule has 0 heterocycles. The Morgan fingerprint density at radius 2 is 1.81 bits per heavy atom. The second kappa shape index (κ2) is 7.81. The van der Waals surface area contributed by atoms with Crippen LogP contribution in [0.15, 0.2) is 59.5 Å². The Labute approximate surface area is 127 Å². The van der Waals surface area contributed by atoms with Crippen LogP contribution in [0.3, 0.4) is 0 Å². The first-order valence-corrected chi connectivity index (χ1v) is 7.51. The Morgan fingerprint density at radius 1 is 1.14 bits per heavy atom. The molecule has 2 rings (SSSR count). The third-order valence-corrected chi connectivity index (χ3v) is 3.96. The Hall–Kier alpha value is -1.85. The third kappa shape index (κ3) is 4.58. The fraction of sp³-hybridized carbons (Fsp3) is 0.188. The lowest BCUT2D eigenvalue weighted by Gasteiger charge is -2.16. The lowest BCUT2D eigenvalue weighted by atomic mass is 10.1. The summed E-state index contributed by atoms with van der Waals surface area (Å²) in [6.45, 7) is -0.180. The van der Waals surface area contributed by atoms with Crippen molar-refractivity contribution in [2.75, 3.05) is 12.4 Å². The van der Waals surface area contributed by atoms with Gasteiger partial charge >= 0.3 is 0 Å². The predicted molar refractivity (Wildman–Crippen MR) is 81.5 cm³/mol. The van der Waals surface area contributed by atoms with E-state index in [0.717, 1.165) is 17.3 Å². The van der Waals surface area contributed by atoms with Crippen molar-refractivity contribution in [2.24, 2.45) is 0 Å². The minimum Gasteiger partial charge on any atom is -0.394 e. The average Bonchev–Trinajstić information content (AvgIpc) is 2.52. The summed E-state index contributed by atoms with van der Waals surface area (Å²) in [4.78, 5) is 12.3. The van der Waals surface area contributed by atoms with E-state index in [4.69, 9.17) is 0 Å². The normalized spacial score (nSPS) is 11.9. The summed E-state index contributed by atoms with van der Waals surface area (Å²) in [7, 11) is 0. The molecule has 0 saturated heterocycles. The predicted octanol–water partition coefficient (Wildman–Crippen LogP) is 2.77. The first kappa shape index (κ1) is 15.5. The molecule has 2 aromatic rings. The third-order valence-electron chi connectivity index (χ3n) is 2.92. The number of carbonyl (C=O) groups is 1. The molecule has 110 valence electrons. The van der Waals surface area contributed by atoms with Crippen LogP contribution in [0, 0.1) is 5.82 Å². The fourth-order valence-corrected chi connectivity index (χ4v) is 2.61. The molecule has 1 amide bonds. The highest BCUT2D eigenvalue weighted by Gasteiger charge is 2.14. The van der Waals surface area contributed by atoms with Crippen LogP contribution in [0.2, 0.25) is 0 Å². The standard InChI is InChI=1S/C16H16FNO2S/c17-13-8-4-5-9-15(13)21-11-16(20)18-14(10-19)12-6-2-1-3-7-12/h1-9,14,19H,10-11H2,(H,18,20). The van der Waals surface area contributed by atoms with E-state index >= 15 is 0 Å². The second-order valence-electron chi connectivity index (χ2n) is 4.43. The van der Waals surface area contributed by atoms with Crippen LogP contribution in [-0.2, 0) is 4.79 Å². The van der Waals surface area contributed by atoms with E-state index in [1.807, 2.05) is 30.3 Å². The molecule has 1 unspecified atom stereocenters. The Morgan fingerprint density at radius 3 is 2.48 bits per heavy atom. The van der Waals surface area contributed by atoms with Gasteiger partial charge in [0.2, 0.25) is 5.91 Å². The number of aliphatic hydroxyl groups excluding tert-OH is 1. The van der Waals surface area contributed by atoms with Crippen LogP contribution < -0.4 is 5.32 Å². The van der Waals surface area contributed by atoms with Crippen molar-refractivity contribution in [1.29, 1.82) is 0 Å². The Bertz CT molecular complexity index is 592. The van der Waals surface area contributed by atoms with E-state index < -0.39 is 6.04 Å². The van der Waals surface area contributed by atoms with Gasteiger partial charge in [-0.3, -0.25) is 4.79 Å². The summed E-state index contributed by atoms with van der Waals surface area (Å²) in [6, 6.07) is 15.1. The van der Waals surface area contributed by atoms with E-state index in [0.29, 0.717) is 4.90 Å². The number of nitrogens with one attached hydrogen (secondary N) is 1. The van der Waals surface area contributed by atoms with Crippen LogP contribution in [-0.4, -0.2) is 23.4 Å². The summed E-state index contributed by atoms with van der Waals surface area (Å²) >= 11 is 1.13. The smallest absolute Gasteiger partial charge is 0.230 e. The number of amides is 1.